The fourth-order valence-electron chi connectivity index (χ4n) is 1.30. The molecule has 66 valence electrons. The summed E-state index contributed by atoms with van der Waals surface area (Å²) in [7, 11) is 0. The van der Waals surface area contributed by atoms with E-state index in [1.807, 2.05) is 6.92 Å². The predicted octanol–water partition coefficient (Wildman–Crippen LogP) is 1.81. The molecule has 0 amide bonds. The molecular formula is C8H15ClO2. The lowest BCUT2D eigenvalue weighted by molar-refractivity contribution is -0.0460. The summed E-state index contributed by atoms with van der Waals surface area (Å²) in [6, 6.07) is 0. The molecule has 0 spiro atoms. The number of halogens is 1. The Bertz CT molecular complexity index is 111. The van der Waals surface area contributed by atoms with Crippen LogP contribution in [0.2, 0.25) is 0 Å². The van der Waals surface area contributed by atoms with Crippen molar-refractivity contribution < 1.29 is 9.47 Å². The van der Waals surface area contributed by atoms with Crippen molar-refractivity contribution in [3.63, 3.8) is 0 Å². The average molecular weight is 179 g/mol. The minimum Gasteiger partial charge on any atom is -0.379 e. The van der Waals surface area contributed by atoms with Gasteiger partial charge in [-0.25, -0.2) is 0 Å². The molecule has 0 bridgehead atoms. The SMILES string of the molecule is CCOCC1(CCl)CCCO1. The largest absolute Gasteiger partial charge is 0.379 e. The van der Waals surface area contributed by atoms with E-state index in [-0.39, 0.29) is 5.60 Å². The Hall–Kier alpha value is 0.210. The Balaban J connectivity index is 2.33. The second kappa shape index (κ2) is 4.29. The summed E-state index contributed by atoms with van der Waals surface area (Å²) in [6.07, 6.45) is 2.15. The summed E-state index contributed by atoms with van der Waals surface area (Å²) in [5, 5.41) is 0. The van der Waals surface area contributed by atoms with Crippen LogP contribution in [0.15, 0.2) is 0 Å². The van der Waals surface area contributed by atoms with Crippen molar-refractivity contribution in [1.82, 2.24) is 0 Å². The molecule has 1 unspecified atom stereocenters. The smallest absolute Gasteiger partial charge is 0.105 e. The fraction of sp³-hybridized carbons (Fsp3) is 1.00. The fourth-order valence-corrected chi connectivity index (χ4v) is 1.59. The number of hydrogen-bond donors (Lipinski definition) is 0. The number of ether oxygens (including phenoxy) is 2. The zero-order valence-corrected chi connectivity index (χ0v) is 7.69. The standard InChI is InChI=1S/C8H15ClO2/c1-2-10-7-8(6-9)4-3-5-11-8/h2-7H2,1H3. The van der Waals surface area contributed by atoms with Crippen LogP contribution in [0.5, 0.6) is 0 Å². The van der Waals surface area contributed by atoms with E-state index in [2.05, 4.69) is 0 Å². The van der Waals surface area contributed by atoms with Crippen molar-refractivity contribution in [1.29, 1.82) is 0 Å². The van der Waals surface area contributed by atoms with Gasteiger partial charge < -0.3 is 9.47 Å². The molecule has 1 aliphatic heterocycles. The molecule has 0 aliphatic carbocycles. The number of alkyl halides is 1. The molecule has 2 nitrogen and oxygen atoms in total. The van der Waals surface area contributed by atoms with Gasteiger partial charge in [-0.05, 0) is 19.8 Å². The van der Waals surface area contributed by atoms with Crippen molar-refractivity contribution in [2.45, 2.75) is 25.4 Å². The summed E-state index contributed by atoms with van der Waals surface area (Å²) in [6.45, 7) is 4.20. The van der Waals surface area contributed by atoms with Gasteiger partial charge in [0.25, 0.3) is 0 Å². The first-order valence-electron chi connectivity index (χ1n) is 4.11. The first-order chi connectivity index (χ1) is 5.33. The van der Waals surface area contributed by atoms with Crippen molar-refractivity contribution >= 4 is 11.6 Å². The van der Waals surface area contributed by atoms with Crippen LogP contribution in [0.3, 0.4) is 0 Å². The summed E-state index contributed by atoms with van der Waals surface area (Å²) in [5.41, 5.74) is -0.169. The van der Waals surface area contributed by atoms with Crippen LogP contribution in [0.25, 0.3) is 0 Å². The molecule has 0 aromatic carbocycles. The highest BCUT2D eigenvalue weighted by Crippen LogP contribution is 2.27. The Morgan fingerprint density at radius 2 is 2.45 bits per heavy atom. The number of rotatable bonds is 4. The highest BCUT2D eigenvalue weighted by molar-refractivity contribution is 6.18. The zero-order chi connectivity index (χ0) is 8.16. The van der Waals surface area contributed by atoms with Crippen molar-refractivity contribution in [2.75, 3.05) is 25.7 Å². The first kappa shape index (κ1) is 9.30. The van der Waals surface area contributed by atoms with E-state index in [1.165, 1.54) is 0 Å². The van der Waals surface area contributed by atoms with Crippen LogP contribution in [-0.2, 0) is 9.47 Å². The monoisotopic (exact) mass is 178 g/mol. The maximum atomic E-state index is 5.80. The quantitative estimate of drug-likeness (QED) is 0.612. The van der Waals surface area contributed by atoms with E-state index >= 15 is 0 Å². The molecule has 3 heteroatoms. The molecule has 1 heterocycles. The van der Waals surface area contributed by atoms with E-state index < -0.39 is 0 Å². The van der Waals surface area contributed by atoms with Crippen LogP contribution in [0.4, 0.5) is 0 Å². The Kier molecular flexibility index (Phi) is 3.63. The Labute approximate surface area is 72.8 Å². The molecule has 1 aliphatic rings. The normalized spacial score (nSPS) is 31.1. The van der Waals surface area contributed by atoms with Gasteiger partial charge in [-0.15, -0.1) is 11.6 Å². The highest BCUT2D eigenvalue weighted by Gasteiger charge is 2.34. The van der Waals surface area contributed by atoms with Gasteiger partial charge in [0.05, 0.1) is 12.5 Å². The minimum absolute atomic E-state index is 0.169. The van der Waals surface area contributed by atoms with E-state index in [0.717, 1.165) is 26.1 Å². The Morgan fingerprint density at radius 3 is 2.91 bits per heavy atom. The van der Waals surface area contributed by atoms with Gasteiger partial charge in [-0.1, -0.05) is 0 Å². The lowest BCUT2D eigenvalue weighted by Crippen LogP contribution is -2.35. The van der Waals surface area contributed by atoms with Crippen LogP contribution in [0, 0.1) is 0 Å². The Morgan fingerprint density at radius 1 is 1.64 bits per heavy atom. The molecule has 1 fully saturated rings. The summed E-state index contributed by atoms with van der Waals surface area (Å²) >= 11 is 5.80. The molecule has 11 heavy (non-hydrogen) atoms. The molecule has 0 aromatic rings. The highest BCUT2D eigenvalue weighted by atomic mass is 35.5. The maximum Gasteiger partial charge on any atom is 0.105 e. The van der Waals surface area contributed by atoms with E-state index in [0.29, 0.717) is 12.5 Å². The van der Waals surface area contributed by atoms with Crippen LogP contribution in [0.1, 0.15) is 19.8 Å². The van der Waals surface area contributed by atoms with Crippen LogP contribution < -0.4 is 0 Å². The van der Waals surface area contributed by atoms with E-state index in [1.54, 1.807) is 0 Å². The molecule has 0 radical (unpaired) electrons. The molecule has 1 rings (SSSR count). The molecule has 0 N–H and O–H groups in total. The molecule has 1 saturated heterocycles. The molecular weight excluding hydrogens is 164 g/mol. The third-order valence-corrected chi connectivity index (χ3v) is 2.48. The third kappa shape index (κ3) is 2.32. The molecule has 0 saturated carbocycles. The van der Waals surface area contributed by atoms with Crippen LogP contribution >= 0.6 is 11.6 Å². The van der Waals surface area contributed by atoms with Gasteiger partial charge in [0.15, 0.2) is 0 Å². The van der Waals surface area contributed by atoms with Crippen molar-refractivity contribution in [3.8, 4) is 0 Å². The van der Waals surface area contributed by atoms with Crippen molar-refractivity contribution in [3.05, 3.63) is 0 Å². The van der Waals surface area contributed by atoms with Gasteiger partial charge >= 0.3 is 0 Å². The van der Waals surface area contributed by atoms with Gasteiger partial charge in [0, 0.05) is 13.2 Å². The maximum absolute atomic E-state index is 5.80. The van der Waals surface area contributed by atoms with Gasteiger partial charge in [0.2, 0.25) is 0 Å². The second-order valence-corrected chi connectivity index (χ2v) is 3.17. The topological polar surface area (TPSA) is 18.5 Å². The number of hydrogen-bond acceptors (Lipinski definition) is 2. The van der Waals surface area contributed by atoms with E-state index in [4.69, 9.17) is 21.1 Å². The summed E-state index contributed by atoms with van der Waals surface area (Å²) in [5.74, 6) is 0.549. The second-order valence-electron chi connectivity index (χ2n) is 2.91. The summed E-state index contributed by atoms with van der Waals surface area (Å²) < 4.78 is 10.8. The van der Waals surface area contributed by atoms with Gasteiger partial charge in [-0.2, -0.15) is 0 Å². The van der Waals surface area contributed by atoms with Gasteiger partial charge in [0.1, 0.15) is 5.60 Å². The average Bonchev–Trinajstić information content (AvgIpc) is 2.50. The zero-order valence-electron chi connectivity index (χ0n) is 6.94. The lowest BCUT2D eigenvalue weighted by atomic mass is 10.0. The van der Waals surface area contributed by atoms with Gasteiger partial charge in [-0.3, -0.25) is 0 Å². The third-order valence-electron chi connectivity index (χ3n) is 2.00. The van der Waals surface area contributed by atoms with E-state index in [9.17, 15) is 0 Å². The van der Waals surface area contributed by atoms with Crippen LogP contribution in [-0.4, -0.2) is 31.3 Å². The van der Waals surface area contributed by atoms with Crippen molar-refractivity contribution in [2.24, 2.45) is 0 Å². The molecule has 1 atom stereocenters. The minimum atomic E-state index is -0.169. The first-order valence-corrected chi connectivity index (χ1v) is 4.64. The predicted molar refractivity (Wildman–Crippen MR) is 45.1 cm³/mol. The lowest BCUT2D eigenvalue weighted by Gasteiger charge is -2.24. The molecule has 0 aromatic heterocycles. The summed E-state index contributed by atoms with van der Waals surface area (Å²) in [4.78, 5) is 0.